The van der Waals surface area contributed by atoms with Crippen LogP contribution in [-0.2, 0) is 12.7 Å². The minimum Gasteiger partial charge on any atom is -0.496 e. The predicted octanol–water partition coefficient (Wildman–Crippen LogP) is 6.77. The summed E-state index contributed by atoms with van der Waals surface area (Å²) in [6, 6.07) is 15.4. The van der Waals surface area contributed by atoms with Gasteiger partial charge in [-0.2, -0.15) is 18.3 Å². The van der Waals surface area contributed by atoms with Crippen molar-refractivity contribution in [1.82, 2.24) is 19.7 Å². The molecular formula is C28H25F3N4O. The van der Waals surface area contributed by atoms with Gasteiger partial charge in [0.1, 0.15) is 11.6 Å². The number of nitrogens with zero attached hydrogens (tertiary/aromatic N) is 4. The Hall–Kier alpha value is -3.94. The van der Waals surface area contributed by atoms with Gasteiger partial charge in [0.15, 0.2) is 5.82 Å². The number of hydrogen-bond acceptors (Lipinski definition) is 4. The first-order valence-corrected chi connectivity index (χ1v) is 11.7. The van der Waals surface area contributed by atoms with Crippen LogP contribution in [-0.4, -0.2) is 26.9 Å². The standard InChI is InChI=1S/C28H25F3N4O/c1-18-15-21(12-13-32-18)23-10-8-19(16-25(23)36-2)9-11-26-33-27-24(7-4-14-35(27)34-26)20-5-3-6-22(17-20)28(29,30)31/h3,5-6,8-13,15-17,24H,4,7,14H2,1-2H3/b11-9+. The number of halogens is 3. The topological polar surface area (TPSA) is 52.8 Å². The van der Waals surface area contributed by atoms with Crippen molar-refractivity contribution in [3.8, 4) is 16.9 Å². The fourth-order valence-corrected chi connectivity index (χ4v) is 4.62. The molecule has 0 N–H and O–H groups in total. The summed E-state index contributed by atoms with van der Waals surface area (Å²) in [5.41, 5.74) is 3.82. The van der Waals surface area contributed by atoms with E-state index in [4.69, 9.17) is 4.74 Å². The highest BCUT2D eigenvalue weighted by Crippen LogP contribution is 2.36. The number of benzene rings is 2. The molecule has 0 saturated carbocycles. The number of aryl methyl sites for hydroxylation is 2. The average Bonchev–Trinajstić information content (AvgIpc) is 3.30. The Morgan fingerprint density at radius 2 is 1.92 bits per heavy atom. The normalized spacial score (nSPS) is 15.8. The van der Waals surface area contributed by atoms with Crippen LogP contribution in [0.3, 0.4) is 0 Å². The third kappa shape index (κ3) is 4.89. The number of ether oxygens (including phenoxy) is 1. The maximum absolute atomic E-state index is 13.2. The third-order valence-corrected chi connectivity index (χ3v) is 6.37. The second-order valence-electron chi connectivity index (χ2n) is 8.85. The van der Waals surface area contributed by atoms with Gasteiger partial charge in [0.05, 0.1) is 12.7 Å². The summed E-state index contributed by atoms with van der Waals surface area (Å²) in [6.07, 6.45) is 2.68. The SMILES string of the molecule is COc1cc(/C=C/c2nc3n(n2)CCCC3c2cccc(C(F)(F)F)c2)ccc1-c1ccnc(C)c1. The minimum absolute atomic E-state index is 0.223. The Balaban J connectivity index is 1.41. The Kier molecular flexibility index (Phi) is 6.35. The van der Waals surface area contributed by atoms with Crippen molar-refractivity contribution in [2.24, 2.45) is 0 Å². The molecule has 2 aromatic carbocycles. The maximum atomic E-state index is 13.2. The fraction of sp³-hybridized carbons (Fsp3) is 0.250. The smallest absolute Gasteiger partial charge is 0.416 e. The quantitative estimate of drug-likeness (QED) is 0.310. The van der Waals surface area contributed by atoms with Crippen LogP contribution < -0.4 is 4.74 Å². The molecule has 5 rings (SSSR count). The van der Waals surface area contributed by atoms with Gasteiger partial charge in [0.25, 0.3) is 0 Å². The molecule has 36 heavy (non-hydrogen) atoms. The van der Waals surface area contributed by atoms with Crippen LogP contribution in [0.1, 0.15) is 52.8 Å². The van der Waals surface area contributed by atoms with E-state index < -0.39 is 11.7 Å². The minimum atomic E-state index is -4.38. The van der Waals surface area contributed by atoms with Gasteiger partial charge in [0.2, 0.25) is 0 Å². The summed E-state index contributed by atoms with van der Waals surface area (Å²) in [6.45, 7) is 2.64. The molecule has 0 amide bonds. The second kappa shape index (κ2) is 9.60. The van der Waals surface area contributed by atoms with Crippen LogP contribution in [0.2, 0.25) is 0 Å². The molecule has 4 aromatic rings. The number of hydrogen-bond donors (Lipinski definition) is 0. The number of fused-ring (bicyclic) bond motifs is 1. The van der Waals surface area contributed by atoms with E-state index >= 15 is 0 Å². The zero-order chi connectivity index (χ0) is 25.3. The van der Waals surface area contributed by atoms with Gasteiger partial charge in [-0.05, 0) is 66.8 Å². The Morgan fingerprint density at radius 1 is 1.06 bits per heavy atom. The largest absolute Gasteiger partial charge is 0.496 e. The zero-order valence-corrected chi connectivity index (χ0v) is 20.0. The van der Waals surface area contributed by atoms with Crippen molar-refractivity contribution in [2.45, 2.75) is 38.4 Å². The van der Waals surface area contributed by atoms with Crippen LogP contribution in [0.15, 0.2) is 60.8 Å². The number of pyridine rings is 1. The van der Waals surface area contributed by atoms with Crippen LogP contribution >= 0.6 is 0 Å². The molecule has 0 saturated heterocycles. The maximum Gasteiger partial charge on any atom is 0.416 e. The highest BCUT2D eigenvalue weighted by Gasteiger charge is 2.32. The average molecular weight is 491 g/mol. The monoisotopic (exact) mass is 490 g/mol. The van der Waals surface area contributed by atoms with Gasteiger partial charge in [-0.3, -0.25) is 4.98 Å². The van der Waals surface area contributed by atoms with Crippen LogP contribution in [0.25, 0.3) is 23.3 Å². The molecule has 1 aliphatic heterocycles. The fourth-order valence-electron chi connectivity index (χ4n) is 4.62. The molecule has 184 valence electrons. The van der Waals surface area contributed by atoms with Crippen molar-refractivity contribution in [2.75, 3.05) is 7.11 Å². The molecule has 8 heteroatoms. The van der Waals surface area contributed by atoms with Crippen LogP contribution in [0, 0.1) is 6.92 Å². The molecule has 0 spiro atoms. The van der Waals surface area contributed by atoms with E-state index in [1.807, 2.05) is 54.1 Å². The summed E-state index contributed by atoms with van der Waals surface area (Å²) >= 11 is 0. The lowest BCUT2D eigenvalue weighted by atomic mass is 9.90. The van der Waals surface area contributed by atoms with Crippen molar-refractivity contribution in [1.29, 1.82) is 0 Å². The Labute approximate surface area is 207 Å². The molecule has 0 bridgehead atoms. The number of rotatable bonds is 5. The van der Waals surface area contributed by atoms with E-state index in [1.165, 1.54) is 12.1 Å². The lowest BCUT2D eigenvalue weighted by Gasteiger charge is -2.23. The summed E-state index contributed by atoms with van der Waals surface area (Å²) in [5.74, 6) is 1.74. The van der Waals surface area contributed by atoms with Crippen LogP contribution in [0.5, 0.6) is 5.75 Å². The van der Waals surface area contributed by atoms with E-state index in [0.29, 0.717) is 23.8 Å². The lowest BCUT2D eigenvalue weighted by molar-refractivity contribution is -0.137. The lowest BCUT2D eigenvalue weighted by Crippen LogP contribution is -2.18. The summed E-state index contributed by atoms with van der Waals surface area (Å²) < 4.78 is 47.1. The van der Waals surface area contributed by atoms with E-state index in [9.17, 15) is 13.2 Å². The predicted molar refractivity (Wildman–Crippen MR) is 132 cm³/mol. The molecule has 5 nitrogen and oxygen atoms in total. The summed E-state index contributed by atoms with van der Waals surface area (Å²) in [4.78, 5) is 8.93. The van der Waals surface area contributed by atoms with Crippen molar-refractivity contribution in [3.05, 3.63) is 94.8 Å². The van der Waals surface area contributed by atoms with Crippen LogP contribution in [0.4, 0.5) is 13.2 Å². The Morgan fingerprint density at radius 3 is 2.69 bits per heavy atom. The van der Waals surface area contributed by atoms with Gasteiger partial charge in [-0.1, -0.05) is 36.4 Å². The molecule has 0 radical (unpaired) electrons. The zero-order valence-electron chi connectivity index (χ0n) is 20.0. The van der Waals surface area contributed by atoms with E-state index in [-0.39, 0.29) is 5.92 Å². The highest BCUT2D eigenvalue weighted by atomic mass is 19.4. The number of alkyl halides is 3. The van der Waals surface area contributed by atoms with Gasteiger partial charge < -0.3 is 4.74 Å². The van der Waals surface area contributed by atoms with Gasteiger partial charge >= 0.3 is 6.18 Å². The van der Waals surface area contributed by atoms with E-state index in [0.717, 1.165) is 47.0 Å². The molecule has 1 atom stereocenters. The first kappa shape index (κ1) is 23.8. The molecule has 1 aliphatic rings. The van der Waals surface area contributed by atoms with E-state index in [1.54, 1.807) is 19.4 Å². The summed E-state index contributed by atoms with van der Waals surface area (Å²) in [7, 11) is 1.64. The number of aromatic nitrogens is 4. The number of methoxy groups -OCH3 is 1. The third-order valence-electron chi connectivity index (χ3n) is 6.37. The van der Waals surface area contributed by atoms with Gasteiger partial charge in [-0.25, -0.2) is 9.67 Å². The van der Waals surface area contributed by atoms with E-state index in [2.05, 4.69) is 15.1 Å². The Bertz CT molecular complexity index is 1420. The highest BCUT2D eigenvalue weighted by molar-refractivity contribution is 5.75. The summed E-state index contributed by atoms with van der Waals surface area (Å²) in [5, 5.41) is 4.59. The molecule has 3 heterocycles. The first-order chi connectivity index (χ1) is 17.3. The molecule has 2 aromatic heterocycles. The van der Waals surface area contributed by atoms with Gasteiger partial charge in [0, 0.05) is 29.9 Å². The second-order valence-corrected chi connectivity index (χ2v) is 8.85. The van der Waals surface area contributed by atoms with Crippen molar-refractivity contribution < 1.29 is 17.9 Å². The van der Waals surface area contributed by atoms with Gasteiger partial charge in [-0.15, -0.1) is 0 Å². The molecular weight excluding hydrogens is 465 g/mol. The van der Waals surface area contributed by atoms with Crippen molar-refractivity contribution in [3.63, 3.8) is 0 Å². The first-order valence-electron chi connectivity index (χ1n) is 11.7. The molecule has 1 unspecified atom stereocenters. The van der Waals surface area contributed by atoms with Crippen molar-refractivity contribution >= 4 is 12.2 Å². The molecule has 0 fully saturated rings. The molecule has 0 aliphatic carbocycles.